The Labute approximate surface area is 151 Å². The van der Waals surface area contributed by atoms with Crippen LogP contribution < -0.4 is 14.8 Å². The minimum Gasteiger partial charge on any atom is -0.494 e. The highest BCUT2D eigenvalue weighted by Crippen LogP contribution is 2.21. The molecule has 0 saturated carbocycles. The Balaban J connectivity index is 1.80. The summed E-state index contributed by atoms with van der Waals surface area (Å²) in [5.74, 6) is 1.28. The van der Waals surface area contributed by atoms with Crippen molar-refractivity contribution in [2.45, 2.75) is 26.7 Å². The topological polar surface area (TPSA) is 47.6 Å². The van der Waals surface area contributed by atoms with Crippen LogP contribution in [0.15, 0.2) is 46.9 Å². The Morgan fingerprint density at radius 3 is 2.46 bits per heavy atom. The third-order valence-electron chi connectivity index (χ3n) is 3.40. The van der Waals surface area contributed by atoms with Crippen LogP contribution in [0.2, 0.25) is 0 Å². The molecule has 2 aromatic rings. The smallest absolute Gasteiger partial charge is 0.262 e. The molecule has 2 rings (SSSR count). The molecule has 2 aromatic carbocycles. The van der Waals surface area contributed by atoms with Gasteiger partial charge < -0.3 is 14.8 Å². The van der Waals surface area contributed by atoms with E-state index in [0.717, 1.165) is 34.3 Å². The molecule has 0 unspecified atom stereocenters. The quantitative estimate of drug-likeness (QED) is 0.647. The zero-order chi connectivity index (χ0) is 17.4. The van der Waals surface area contributed by atoms with Crippen molar-refractivity contribution in [3.63, 3.8) is 0 Å². The number of amides is 1. The molecule has 4 nitrogen and oxygen atoms in total. The molecule has 0 radical (unpaired) electrons. The molecule has 0 fully saturated rings. The van der Waals surface area contributed by atoms with Crippen molar-refractivity contribution in [1.29, 1.82) is 0 Å². The lowest BCUT2D eigenvalue weighted by atomic mass is 10.2. The monoisotopic (exact) mass is 391 g/mol. The summed E-state index contributed by atoms with van der Waals surface area (Å²) in [6.45, 7) is 4.78. The summed E-state index contributed by atoms with van der Waals surface area (Å²) in [6, 6.07) is 13.0. The van der Waals surface area contributed by atoms with Crippen molar-refractivity contribution in [3.05, 3.63) is 52.5 Å². The van der Waals surface area contributed by atoms with Crippen molar-refractivity contribution >= 4 is 27.5 Å². The van der Waals surface area contributed by atoms with Gasteiger partial charge in [0.05, 0.1) is 6.61 Å². The molecule has 24 heavy (non-hydrogen) atoms. The van der Waals surface area contributed by atoms with Crippen molar-refractivity contribution < 1.29 is 14.3 Å². The fraction of sp³-hybridized carbons (Fsp3) is 0.316. The van der Waals surface area contributed by atoms with E-state index in [9.17, 15) is 4.79 Å². The minimum atomic E-state index is -0.199. The van der Waals surface area contributed by atoms with Gasteiger partial charge in [-0.15, -0.1) is 0 Å². The number of anilines is 1. The maximum Gasteiger partial charge on any atom is 0.262 e. The number of aryl methyl sites for hydroxylation is 1. The van der Waals surface area contributed by atoms with Crippen LogP contribution in [0, 0.1) is 6.92 Å². The molecule has 5 heteroatoms. The number of benzene rings is 2. The number of rotatable bonds is 8. The highest BCUT2D eigenvalue weighted by atomic mass is 79.9. The van der Waals surface area contributed by atoms with Crippen LogP contribution in [0.25, 0.3) is 0 Å². The third kappa shape index (κ3) is 5.89. The number of halogens is 1. The van der Waals surface area contributed by atoms with E-state index in [1.807, 2.05) is 49.4 Å². The number of carbonyl (C=O) groups is 1. The van der Waals surface area contributed by atoms with E-state index < -0.39 is 0 Å². The summed E-state index contributed by atoms with van der Waals surface area (Å²) < 4.78 is 12.1. The summed E-state index contributed by atoms with van der Waals surface area (Å²) in [7, 11) is 0. The second-order valence-electron chi connectivity index (χ2n) is 5.47. The van der Waals surface area contributed by atoms with Gasteiger partial charge in [-0.1, -0.05) is 29.3 Å². The predicted molar refractivity (Wildman–Crippen MR) is 99.8 cm³/mol. The molecule has 1 N–H and O–H groups in total. The standard InChI is InChI=1S/C19H22BrNO3/c1-3-4-11-23-16-7-5-15(6-8-16)21-19(22)13-24-17-9-10-18(20)14(2)12-17/h5-10,12H,3-4,11,13H2,1-2H3,(H,21,22). The second kappa shape index (κ2) is 9.33. The van der Waals surface area contributed by atoms with Crippen molar-refractivity contribution in [2.75, 3.05) is 18.5 Å². The molecule has 0 aromatic heterocycles. The van der Waals surface area contributed by atoms with Crippen LogP contribution in [-0.4, -0.2) is 19.1 Å². The van der Waals surface area contributed by atoms with E-state index in [4.69, 9.17) is 9.47 Å². The number of hydrogen-bond acceptors (Lipinski definition) is 3. The van der Waals surface area contributed by atoms with Gasteiger partial charge in [0.2, 0.25) is 0 Å². The third-order valence-corrected chi connectivity index (χ3v) is 4.29. The van der Waals surface area contributed by atoms with E-state index in [-0.39, 0.29) is 12.5 Å². The zero-order valence-corrected chi connectivity index (χ0v) is 15.6. The fourth-order valence-electron chi connectivity index (χ4n) is 2.02. The van der Waals surface area contributed by atoms with Crippen LogP contribution in [0.5, 0.6) is 11.5 Å². The molecule has 0 saturated heterocycles. The van der Waals surface area contributed by atoms with Gasteiger partial charge in [0.15, 0.2) is 6.61 Å². The van der Waals surface area contributed by atoms with E-state index in [2.05, 4.69) is 28.2 Å². The Morgan fingerprint density at radius 1 is 1.08 bits per heavy atom. The van der Waals surface area contributed by atoms with Crippen molar-refractivity contribution in [2.24, 2.45) is 0 Å². The maximum absolute atomic E-state index is 12.0. The SMILES string of the molecule is CCCCOc1ccc(NC(=O)COc2ccc(Br)c(C)c2)cc1. The number of ether oxygens (including phenoxy) is 2. The van der Waals surface area contributed by atoms with Gasteiger partial charge in [0.1, 0.15) is 11.5 Å². The molecule has 0 bridgehead atoms. The van der Waals surface area contributed by atoms with Crippen LogP contribution in [-0.2, 0) is 4.79 Å². The first-order valence-electron chi connectivity index (χ1n) is 8.00. The molecular formula is C19H22BrNO3. The van der Waals surface area contributed by atoms with Crippen LogP contribution >= 0.6 is 15.9 Å². The molecule has 0 heterocycles. The molecule has 128 valence electrons. The molecule has 0 aliphatic heterocycles. The zero-order valence-electron chi connectivity index (χ0n) is 14.0. The maximum atomic E-state index is 12.0. The molecule has 0 aliphatic rings. The fourth-order valence-corrected chi connectivity index (χ4v) is 2.27. The number of carbonyl (C=O) groups excluding carboxylic acids is 1. The van der Waals surface area contributed by atoms with E-state index in [1.54, 1.807) is 0 Å². The average Bonchev–Trinajstić information content (AvgIpc) is 2.58. The van der Waals surface area contributed by atoms with E-state index >= 15 is 0 Å². The lowest BCUT2D eigenvalue weighted by Gasteiger charge is -2.10. The Hall–Kier alpha value is -2.01. The predicted octanol–water partition coefficient (Wildman–Crippen LogP) is 4.95. The highest BCUT2D eigenvalue weighted by molar-refractivity contribution is 9.10. The van der Waals surface area contributed by atoms with Gasteiger partial charge in [0.25, 0.3) is 5.91 Å². The van der Waals surface area contributed by atoms with Gasteiger partial charge in [-0.25, -0.2) is 0 Å². The molecule has 0 atom stereocenters. The summed E-state index contributed by atoms with van der Waals surface area (Å²) in [6.07, 6.45) is 2.14. The molecule has 0 spiro atoms. The summed E-state index contributed by atoms with van der Waals surface area (Å²) in [5.41, 5.74) is 1.78. The van der Waals surface area contributed by atoms with Crippen LogP contribution in [0.1, 0.15) is 25.3 Å². The van der Waals surface area contributed by atoms with Gasteiger partial charge in [-0.3, -0.25) is 4.79 Å². The normalized spacial score (nSPS) is 10.3. The van der Waals surface area contributed by atoms with Gasteiger partial charge >= 0.3 is 0 Å². The van der Waals surface area contributed by atoms with E-state index in [0.29, 0.717) is 12.4 Å². The van der Waals surface area contributed by atoms with Crippen LogP contribution in [0.4, 0.5) is 5.69 Å². The van der Waals surface area contributed by atoms with Gasteiger partial charge in [-0.05, 0) is 61.4 Å². The van der Waals surface area contributed by atoms with Gasteiger partial charge in [0, 0.05) is 10.2 Å². The first-order chi connectivity index (χ1) is 11.6. The minimum absolute atomic E-state index is 0.0319. The average molecular weight is 392 g/mol. The Morgan fingerprint density at radius 2 is 1.79 bits per heavy atom. The number of nitrogens with one attached hydrogen (secondary N) is 1. The summed E-state index contributed by atoms with van der Waals surface area (Å²) in [5, 5.41) is 2.80. The number of hydrogen-bond donors (Lipinski definition) is 1. The summed E-state index contributed by atoms with van der Waals surface area (Å²) >= 11 is 3.43. The van der Waals surface area contributed by atoms with Crippen molar-refractivity contribution in [3.8, 4) is 11.5 Å². The second-order valence-corrected chi connectivity index (χ2v) is 6.33. The first kappa shape index (κ1) is 18.3. The van der Waals surface area contributed by atoms with Gasteiger partial charge in [-0.2, -0.15) is 0 Å². The lowest BCUT2D eigenvalue weighted by molar-refractivity contribution is -0.118. The number of unbranched alkanes of at least 4 members (excludes halogenated alkanes) is 1. The lowest BCUT2D eigenvalue weighted by Crippen LogP contribution is -2.20. The first-order valence-corrected chi connectivity index (χ1v) is 8.79. The highest BCUT2D eigenvalue weighted by Gasteiger charge is 2.05. The van der Waals surface area contributed by atoms with Crippen molar-refractivity contribution in [1.82, 2.24) is 0 Å². The molecular weight excluding hydrogens is 370 g/mol. The van der Waals surface area contributed by atoms with Crippen LogP contribution in [0.3, 0.4) is 0 Å². The Bertz CT molecular complexity index is 671. The Kier molecular flexibility index (Phi) is 7.12. The van der Waals surface area contributed by atoms with E-state index in [1.165, 1.54) is 0 Å². The largest absolute Gasteiger partial charge is 0.494 e. The molecule has 1 amide bonds. The molecule has 0 aliphatic carbocycles. The summed E-state index contributed by atoms with van der Waals surface area (Å²) in [4.78, 5) is 12.0.